The quantitative estimate of drug-likeness (QED) is 0.408. The van der Waals surface area contributed by atoms with Crippen LogP contribution in [0.3, 0.4) is 0 Å². The number of aliphatic carboxylic acids is 1. The van der Waals surface area contributed by atoms with Gasteiger partial charge in [-0.1, -0.05) is 44.5 Å². The molecule has 0 spiro atoms. The first-order valence-corrected chi connectivity index (χ1v) is 4.95. The van der Waals surface area contributed by atoms with E-state index in [0.717, 1.165) is 0 Å². The predicted octanol–water partition coefficient (Wildman–Crippen LogP) is 3.21. The molecule has 0 saturated heterocycles. The number of carboxylic acid groups (broad SMARTS) is 1. The highest BCUT2D eigenvalue weighted by molar-refractivity contribution is 7.80. The molecule has 0 radical (unpaired) electrons. The second-order valence-corrected chi connectivity index (χ2v) is 2.83. The fraction of sp³-hybridized carbons (Fsp3) is 0.600. The molecule has 0 bridgehead atoms. The minimum atomic E-state index is -1.06. The molecular formula is C10H18O2S. The largest absolute Gasteiger partial charge is 0.477 e. The highest BCUT2D eigenvalue weighted by Gasteiger charge is 1.81. The van der Waals surface area contributed by atoms with Gasteiger partial charge in [-0.25, -0.2) is 4.79 Å². The van der Waals surface area contributed by atoms with Crippen molar-refractivity contribution < 1.29 is 9.90 Å². The van der Waals surface area contributed by atoms with Gasteiger partial charge >= 0.3 is 5.97 Å². The number of rotatable bonds is 6. The number of thiocarbonyl (C=S) groups is 1. The summed E-state index contributed by atoms with van der Waals surface area (Å²) in [6.07, 6.45) is 8.61. The van der Waals surface area contributed by atoms with Gasteiger partial charge in [0, 0.05) is 0 Å². The second kappa shape index (κ2) is 13.9. The molecule has 0 saturated carbocycles. The smallest absolute Gasteiger partial charge is 0.339 e. The van der Waals surface area contributed by atoms with Crippen LogP contribution in [0.5, 0.6) is 0 Å². The normalized spacial score (nSPS) is 8.08. The summed E-state index contributed by atoms with van der Waals surface area (Å²) in [6.45, 7) is 5.89. The summed E-state index contributed by atoms with van der Waals surface area (Å²) in [4.78, 5) is 9.21. The van der Waals surface area contributed by atoms with Crippen molar-refractivity contribution in [1.29, 1.82) is 0 Å². The van der Waals surface area contributed by atoms with Gasteiger partial charge in [-0.2, -0.15) is 0 Å². The minimum Gasteiger partial charge on any atom is -0.477 e. The van der Waals surface area contributed by atoms with Crippen molar-refractivity contribution in [2.75, 3.05) is 0 Å². The summed E-state index contributed by atoms with van der Waals surface area (Å²) in [5, 5.41) is 8.23. The average Bonchev–Trinajstić information content (AvgIpc) is 2.14. The molecular weight excluding hydrogens is 184 g/mol. The Balaban J connectivity index is 0. The zero-order chi connectivity index (χ0) is 10.5. The molecule has 3 heteroatoms. The monoisotopic (exact) mass is 202 g/mol. The van der Waals surface area contributed by atoms with Crippen LogP contribution in [0.4, 0.5) is 0 Å². The van der Waals surface area contributed by atoms with Crippen molar-refractivity contribution in [1.82, 2.24) is 0 Å². The maximum atomic E-state index is 9.21. The third-order valence-electron chi connectivity index (χ3n) is 1.36. The SMILES string of the molecule is C=CCCCCCC.O=C(O)C=S. The summed E-state index contributed by atoms with van der Waals surface area (Å²) < 4.78 is 0. The molecule has 0 unspecified atom stereocenters. The number of allylic oxidation sites excluding steroid dienone is 1. The van der Waals surface area contributed by atoms with Crippen LogP contribution in [-0.2, 0) is 4.79 Å². The van der Waals surface area contributed by atoms with Crippen LogP contribution >= 0.6 is 12.2 Å². The van der Waals surface area contributed by atoms with Crippen LogP contribution in [0.15, 0.2) is 12.7 Å². The first kappa shape index (κ1) is 14.8. The van der Waals surface area contributed by atoms with Crippen molar-refractivity contribution in [3.05, 3.63) is 12.7 Å². The first-order chi connectivity index (χ1) is 6.18. The minimum absolute atomic E-state index is 0.667. The highest BCUT2D eigenvalue weighted by Crippen LogP contribution is 2.01. The Bertz CT molecular complexity index is 144. The molecule has 0 fully saturated rings. The molecule has 0 atom stereocenters. The highest BCUT2D eigenvalue weighted by atomic mass is 32.1. The molecule has 0 aliphatic heterocycles. The van der Waals surface area contributed by atoms with E-state index in [1.54, 1.807) is 0 Å². The van der Waals surface area contributed by atoms with Gasteiger partial charge in [-0.15, -0.1) is 6.58 Å². The number of carbonyl (C=O) groups is 1. The standard InChI is InChI=1S/C8H16.C2H2O2S/c1-3-5-7-8-6-4-2;3-2(4)1-5/h3H,1,4-8H2,2H3;1H,(H,3,4). The van der Waals surface area contributed by atoms with E-state index >= 15 is 0 Å². The molecule has 0 aromatic heterocycles. The van der Waals surface area contributed by atoms with Gasteiger partial charge in [0.15, 0.2) is 0 Å². The Kier molecular flexibility index (Phi) is 15.8. The van der Waals surface area contributed by atoms with E-state index in [4.69, 9.17) is 5.11 Å². The van der Waals surface area contributed by atoms with E-state index in [1.165, 1.54) is 32.1 Å². The Hall–Kier alpha value is -0.700. The maximum absolute atomic E-state index is 9.21. The van der Waals surface area contributed by atoms with E-state index < -0.39 is 5.97 Å². The van der Waals surface area contributed by atoms with Gasteiger partial charge in [0.2, 0.25) is 0 Å². The van der Waals surface area contributed by atoms with E-state index in [9.17, 15) is 4.79 Å². The lowest BCUT2D eigenvalue weighted by Gasteiger charge is -1.91. The molecule has 0 aromatic rings. The molecule has 0 aliphatic carbocycles. The van der Waals surface area contributed by atoms with E-state index in [0.29, 0.717) is 5.37 Å². The molecule has 13 heavy (non-hydrogen) atoms. The molecule has 0 aliphatic rings. The summed E-state index contributed by atoms with van der Waals surface area (Å²) in [5.41, 5.74) is 0. The molecule has 0 aromatic carbocycles. The van der Waals surface area contributed by atoms with Gasteiger partial charge < -0.3 is 5.11 Å². The van der Waals surface area contributed by atoms with Gasteiger partial charge in [0.05, 0.1) is 5.37 Å². The van der Waals surface area contributed by atoms with E-state index in [2.05, 4.69) is 25.7 Å². The lowest BCUT2D eigenvalue weighted by Crippen LogP contribution is -1.89. The van der Waals surface area contributed by atoms with Gasteiger partial charge in [-0.3, -0.25) is 0 Å². The fourth-order valence-electron chi connectivity index (χ4n) is 0.715. The lowest BCUT2D eigenvalue weighted by molar-refractivity contribution is -0.128. The van der Waals surface area contributed by atoms with Crippen molar-refractivity contribution >= 4 is 23.6 Å². The number of hydrogen-bond donors (Lipinski definition) is 1. The van der Waals surface area contributed by atoms with Crippen molar-refractivity contribution in [3.63, 3.8) is 0 Å². The Morgan fingerprint density at radius 1 is 1.46 bits per heavy atom. The summed E-state index contributed by atoms with van der Waals surface area (Å²) in [7, 11) is 0. The molecule has 1 N–H and O–H groups in total. The number of carboxylic acids is 1. The Morgan fingerprint density at radius 2 is 2.00 bits per heavy atom. The number of hydrogen-bond acceptors (Lipinski definition) is 2. The molecule has 0 rings (SSSR count). The second-order valence-electron chi connectivity index (χ2n) is 2.59. The van der Waals surface area contributed by atoms with Crippen LogP contribution in [0, 0.1) is 0 Å². The zero-order valence-electron chi connectivity index (χ0n) is 8.16. The number of unbranched alkanes of at least 4 members (excludes halogenated alkanes) is 4. The fourth-order valence-corrected chi connectivity index (χ4v) is 0.715. The molecule has 76 valence electrons. The maximum Gasteiger partial charge on any atom is 0.339 e. The third kappa shape index (κ3) is 24.6. The average molecular weight is 202 g/mol. The molecule has 0 heterocycles. The van der Waals surface area contributed by atoms with Gasteiger partial charge in [0.25, 0.3) is 0 Å². The van der Waals surface area contributed by atoms with Crippen LogP contribution in [0.2, 0.25) is 0 Å². The van der Waals surface area contributed by atoms with Crippen LogP contribution in [0.25, 0.3) is 0 Å². The Morgan fingerprint density at radius 3 is 2.31 bits per heavy atom. The van der Waals surface area contributed by atoms with Gasteiger partial charge in [-0.05, 0) is 12.8 Å². The van der Waals surface area contributed by atoms with Crippen molar-refractivity contribution in [2.45, 2.75) is 39.0 Å². The third-order valence-corrected chi connectivity index (χ3v) is 1.56. The summed E-state index contributed by atoms with van der Waals surface area (Å²) in [6, 6.07) is 0. The first-order valence-electron chi connectivity index (χ1n) is 4.48. The summed E-state index contributed by atoms with van der Waals surface area (Å²) in [5.74, 6) is -1.06. The molecule has 0 amide bonds. The topological polar surface area (TPSA) is 37.3 Å². The van der Waals surface area contributed by atoms with E-state index in [-0.39, 0.29) is 0 Å². The van der Waals surface area contributed by atoms with E-state index in [1.807, 2.05) is 6.08 Å². The molecule has 2 nitrogen and oxygen atoms in total. The van der Waals surface area contributed by atoms with Gasteiger partial charge in [0.1, 0.15) is 0 Å². The van der Waals surface area contributed by atoms with Crippen LogP contribution in [-0.4, -0.2) is 16.4 Å². The zero-order valence-corrected chi connectivity index (χ0v) is 8.98. The Labute approximate surface area is 85.7 Å². The van der Waals surface area contributed by atoms with Crippen molar-refractivity contribution in [2.24, 2.45) is 0 Å². The predicted molar refractivity (Wildman–Crippen MR) is 60.2 cm³/mol. The van der Waals surface area contributed by atoms with Crippen LogP contribution in [0.1, 0.15) is 39.0 Å². The van der Waals surface area contributed by atoms with Crippen molar-refractivity contribution in [3.8, 4) is 0 Å². The van der Waals surface area contributed by atoms with Crippen LogP contribution < -0.4 is 0 Å². The summed E-state index contributed by atoms with van der Waals surface area (Å²) >= 11 is 3.95. The lowest BCUT2D eigenvalue weighted by atomic mass is 10.2.